The summed E-state index contributed by atoms with van der Waals surface area (Å²) in [7, 11) is 0. The van der Waals surface area contributed by atoms with Crippen molar-refractivity contribution in [3.8, 4) is 0 Å². The predicted molar refractivity (Wildman–Crippen MR) is 142 cm³/mol. The van der Waals surface area contributed by atoms with Crippen molar-refractivity contribution in [1.29, 1.82) is 0 Å². The van der Waals surface area contributed by atoms with Crippen molar-refractivity contribution in [3.63, 3.8) is 0 Å². The minimum absolute atomic E-state index is 0.133. The van der Waals surface area contributed by atoms with Gasteiger partial charge in [0.15, 0.2) is 0 Å². The lowest BCUT2D eigenvalue weighted by atomic mass is 9.99. The summed E-state index contributed by atoms with van der Waals surface area (Å²) in [4.78, 5) is 21.5. The molecule has 3 heterocycles. The maximum absolute atomic E-state index is 12.5. The summed E-state index contributed by atoms with van der Waals surface area (Å²) in [5.41, 5.74) is 4.03. The third-order valence-electron chi connectivity index (χ3n) is 7.29. The lowest BCUT2D eigenvalue weighted by Gasteiger charge is -2.34. The zero-order chi connectivity index (χ0) is 23.9. The number of rotatable bonds is 8. The Kier molecular flexibility index (Phi) is 7.71. The number of benzene rings is 2. The quantitative estimate of drug-likeness (QED) is 0.513. The summed E-state index contributed by atoms with van der Waals surface area (Å²) in [6.45, 7) is 6.62. The smallest absolute Gasteiger partial charge is 0.257 e. The summed E-state index contributed by atoms with van der Waals surface area (Å²) in [5.74, 6) is 0.551. The Morgan fingerprint density at radius 1 is 0.943 bits per heavy atom. The maximum Gasteiger partial charge on any atom is 0.257 e. The first-order valence-corrected chi connectivity index (χ1v) is 12.8. The summed E-state index contributed by atoms with van der Waals surface area (Å²) in [6, 6.07) is 23.2. The molecule has 2 aliphatic heterocycles. The normalized spacial score (nSPS) is 19.1. The Balaban J connectivity index is 1.04. The van der Waals surface area contributed by atoms with Crippen molar-refractivity contribution >= 4 is 17.3 Å². The monoisotopic (exact) mass is 469 g/mol. The molecule has 2 saturated heterocycles. The zero-order valence-electron chi connectivity index (χ0n) is 20.3. The number of hydrogen-bond donors (Lipinski definition) is 2. The molecule has 5 rings (SSSR count). The lowest BCUT2D eigenvalue weighted by Crippen LogP contribution is -2.44. The van der Waals surface area contributed by atoms with Gasteiger partial charge in [0, 0.05) is 62.5 Å². The highest BCUT2D eigenvalue weighted by atomic mass is 16.1. The molecule has 182 valence electrons. The van der Waals surface area contributed by atoms with Gasteiger partial charge >= 0.3 is 0 Å². The summed E-state index contributed by atoms with van der Waals surface area (Å²) in [6.07, 6.45) is 6.80. The van der Waals surface area contributed by atoms with Crippen LogP contribution in [0.4, 0.5) is 11.4 Å². The Hall–Kier alpha value is -3.22. The minimum Gasteiger partial charge on any atom is -0.371 e. The van der Waals surface area contributed by atoms with Gasteiger partial charge in [-0.3, -0.25) is 9.78 Å². The molecule has 2 aliphatic rings. The van der Waals surface area contributed by atoms with Crippen LogP contribution in [-0.2, 0) is 0 Å². The SMILES string of the molecule is O=C(Nc1cccc(N2CCC(NCCN3CC[C@@H](c4ccccc4)C3)CC2)c1)c1cccnc1. The fourth-order valence-corrected chi connectivity index (χ4v) is 5.28. The summed E-state index contributed by atoms with van der Waals surface area (Å²) in [5, 5.41) is 6.79. The number of hydrogen-bond acceptors (Lipinski definition) is 5. The van der Waals surface area contributed by atoms with Gasteiger partial charge in [-0.1, -0.05) is 36.4 Å². The number of pyridine rings is 1. The van der Waals surface area contributed by atoms with Crippen LogP contribution in [0.1, 0.15) is 41.1 Å². The first-order valence-electron chi connectivity index (χ1n) is 12.8. The van der Waals surface area contributed by atoms with E-state index in [1.165, 1.54) is 25.1 Å². The maximum atomic E-state index is 12.5. The molecular weight excluding hydrogens is 434 g/mol. The van der Waals surface area contributed by atoms with Gasteiger partial charge in [-0.15, -0.1) is 0 Å². The van der Waals surface area contributed by atoms with Crippen LogP contribution < -0.4 is 15.5 Å². The van der Waals surface area contributed by atoms with Gasteiger partial charge in [-0.05, 0) is 67.6 Å². The number of anilines is 2. The molecular formula is C29H35N5O. The van der Waals surface area contributed by atoms with Crippen LogP contribution in [0.15, 0.2) is 79.1 Å². The molecule has 0 unspecified atom stereocenters. The van der Waals surface area contributed by atoms with Crippen LogP contribution in [0.2, 0.25) is 0 Å². The number of nitrogens with one attached hydrogen (secondary N) is 2. The highest BCUT2D eigenvalue weighted by Crippen LogP contribution is 2.27. The first-order chi connectivity index (χ1) is 17.2. The topological polar surface area (TPSA) is 60.5 Å². The van der Waals surface area contributed by atoms with E-state index >= 15 is 0 Å². The molecule has 2 fully saturated rings. The molecule has 2 N–H and O–H groups in total. The first kappa shape index (κ1) is 23.5. The summed E-state index contributed by atoms with van der Waals surface area (Å²) >= 11 is 0. The average molecular weight is 470 g/mol. The molecule has 35 heavy (non-hydrogen) atoms. The van der Waals surface area contributed by atoms with E-state index in [-0.39, 0.29) is 5.91 Å². The Labute approximate surface area is 208 Å². The molecule has 0 bridgehead atoms. The highest BCUT2D eigenvalue weighted by molar-refractivity contribution is 6.04. The van der Waals surface area contributed by atoms with Crippen molar-refractivity contribution in [3.05, 3.63) is 90.3 Å². The second-order valence-corrected chi connectivity index (χ2v) is 9.66. The van der Waals surface area contributed by atoms with Crippen molar-refractivity contribution < 1.29 is 4.79 Å². The van der Waals surface area contributed by atoms with E-state index in [0.29, 0.717) is 17.5 Å². The largest absolute Gasteiger partial charge is 0.371 e. The molecule has 6 nitrogen and oxygen atoms in total. The predicted octanol–water partition coefficient (Wildman–Crippen LogP) is 4.38. The van der Waals surface area contributed by atoms with E-state index in [4.69, 9.17) is 0 Å². The van der Waals surface area contributed by atoms with Crippen LogP contribution in [0.3, 0.4) is 0 Å². The van der Waals surface area contributed by atoms with Gasteiger partial charge in [0.05, 0.1) is 5.56 Å². The zero-order valence-corrected chi connectivity index (χ0v) is 20.3. The van der Waals surface area contributed by atoms with Crippen molar-refractivity contribution in [2.45, 2.75) is 31.2 Å². The van der Waals surface area contributed by atoms with Crippen molar-refractivity contribution in [1.82, 2.24) is 15.2 Å². The molecule has 0 radical (unpaired) electrons. The van der Waals surface area contributed by atoms with Gasteiger partial charge in [-0.25, -0.2) is 0 Å². The number of aromatic nitrogens is 1. The molecule has 1 aromatic heterocycles. The van der Waals surface area contributed by atoms with E-state index in [9.17, 15) is 4.79 Å². The van der Waals surface area contributed by atoms with Crippen molar-refractivity contribution in [2.24, 2.45) is 0 Å². The number of carbonyl (C=O) groups excluding carboxylic acids is 1. The van der Waals surface area contributed by atoms with Crippen LogP contribution >= 0.6 is 0 Å². The van der Waals surface area contributed by atoms with Gasteiger partial charge in [0.25, 0.3) is 5.91 Å². The molecule has 0 saturated carbocycles. The van der Waals surface area contributed by atoms with E-state index in [0.717, 1.165) is 50.4 Å². The number of nitrogens with zero attached hydrogens (tertiary/aromatic N) is 3. The number of amides is 1. The molecule has 0 spiro atoms. The van der Waals surface area contributed by atoms with Crippen molar-refractivity contribution in [2.75, 3.05) is 49.5 Å². The Morgan fingerprint density at radius 3 is 2.60 bits per heavy atom. The van der Waals surface area contributed by atoms with Gasteiger partial charge in [-0.2, -0.15) is 0 Å². The van der Waals surface area contributed by atoms with Crippen LogP contribution in [0, 0.1) is 0 Å². The Bertz CT molecular complexity index is 1080. The van der Waals surface area contributed by atoms with Crippen LogP contribution in [-0.4, -0.2) is 61.1 Å². The number of likely N-dealkylation sites (tertiary alicyclic amines) is 1. The van der Waals surface area contributed by atoms with Gasteiger partial charge in [0.1, 0.15) is 0 Å². The molecule has 0 aliphatic carbocycles. The Morgan fingerprint density at radius 2 is 1.80 bits per heavy atom. The molecule has 3 aromatic rings. The van der Waals surface area contributed by atoms with E-state index in [1.54, 1.807) is 24.5 Å². The second kappa shape index (κ2) is 11.5. The standard InChI is InChI=1S/C29H35N5O/c35-29(24-8-5-14-30-21-24)32-27-9-4-10-28(20-27)34-17-12-26(13-18-34)31-15-19-33-16-11-25(22-33)23-6-2-1-3-7-23/h1-10,14,20-21,25-26,31H,11-13,15-19,22H2,(H,32,35)/t25-/m1/s1. The molecule has 1 atom stereocenters. The highest BCUT2D eigenvalue weighted by Gasteiger charge is 2.24. The van der Waals surface area contributed by atoms with E-state index in [1.807, 2.05) is 12.1 Å². The minimum atomic E-state index is -0.133. The van der Waals surface area contributed by atoms with E-state index in [2.05, 4.69) is 67.9 Å². The second-order valence-electron chi connectivity index (χ2n) is 9.66. The van der Waals surface area contributed by atoms with Crippen LogP contribution in [0.25, 0.3) is 0 Å². The fourth-order valence-electron chi connectivity index (χ4n) is 5.28. The van der Waals surface area contributed by atoms with Crippen LogP contribution in [0.5, 0.6) is 0 Å². The molecule has 2 aromatic carbocycles. The van der Waals surface area contributed by atoms with Gasteiger partial charge in [0.2, 0.25) is 0 Å². The lowest BCUT2D eigenvalue weighted by molar-refractivity contribution is 0.102. The molecule has 1 amide bonds. The third-order valence-corrected chi connectivity index (χ3v) is 7.29. The third kappa shape index (κ3) is 6.27. The average Bonchev–Trinajstić information content (AvgIpc) is 3.39. The van der Waals surface area contributed by atoms with E-state index < -0.39 is 0 Å². The molecule has 6 heteroatoms. The number of piperidine rings is 1. The fraction of sp³-hybridized carbons (Fsp3) is 0.379. The van der Waals surface area contributed by atoms with Gasteiger partial charge < -0.3 is 20.4 Å². The summed E-state index contributed by atoms with van der Waals surface area (Å²) < 4.78 is 0. The number of carbonyl (C=O) groups is 1.